The summed E-state index contributed by atoms with van der Waals surface area (Å²) in [6, 6.07) is 0. The number of halogens is 1. The van der Waals surface area contributed by atoms with E-state index in [4.69, 9.17) is 10.5 Å². The van der Waals surface area contributed by atoms with Gasteiger partial charge in [0.1, 0.15) is 30.0 Å². The number of rotatable bonds is 1. The summed E-state index contributed by atoms with van der Waals surface area (Å²) in [6.45, 7) is 1.71. The van der Waals surface area contributed by atoms with Crippen LogP contribution in [0.1, 0.15) is 13.2 Å². The SMILES string of the molecule is C[C@H]1O[C@@H](n2cc(Br)c3c(N)ncnc32)[C@@H](O)[C@H]1O. The van der Waals surface area contributed by atoms with Gasteiger partial charge in [-0.1, -0.05) is 0 Å². The number of aromatic nitrogens is 3. The van der Waals surface area contributed by atoms with E-state index < -0.39 is 24.5 Å². The number of aliphatic hydroxyl groups is 2. The first-order valence-corrected chi connectivity index (χ1v) is 6.58. The van der Waals surface area contributed by atoms with Gasteiger partial charge in [-0.05, 0) is 22.9 Å². The summed E-state index contributed by atoms with van der Waals surface area (Å²) >= 11 is 3.39. The molecule has 0 radical (unpaired) electrons. The Labute approximate surface area is 117 Å². The highest BCUT2D eigenvalue weighted by Crippen LogP contribution is 2.36. The maximum Gasteiger partial charge on any atom is 0.164 e. The summed E-state index contributed by atoms with van der Waals surface area (Å²) in [7, 11) is 0. The monoisotopic (exact) mass is 328 g/mol. The number of hydrogen-bond donors (Lipinski definition) is 3. The zero-order valence-electron chi connectivity index (χ0n) is 10.1. The minimum atomic E-state index is -1.02. The molecule has 4 atom stereocenters. The van der Waals surface area contributed by atoms with Gasteiger partial charge in [-0.3, -0.25) is 0 Å². The number of hydrogen-bond acceptors (Lipinski definition) is 6. The molecule has 0 spiro atoms. The second kappa shape index (κ2) is 4.41. The third-order valence-corrected chi connectivity index (χ3v) is 3.94. The molecule has 19 heavy (non-hydrogen) atoms. The molecule has 2 aromatic rings. The maximum absolute atomic E-state index is 10.0. The van der Waals surface area contributed by atoms with Crippen molar-refractivity contribution < 1.29 is 14.9 Å². The topological polar surface area (TPSA) is 106 Å². The molecule has 0 unspecified atom stereocenters. The highest BCUT2D eigenvalue weighted by Gasteiger charge is 2.42. The number of anilines is 1. The van der Waals surface area contributed by atoms with Crippen molar-refractivity contribution in [2.75, 3.05) is 5.73 Å². The number of fused-ring (bicyclic) bond motifs is 1. The lowest BCUT2D eigenvalue weighted by Crippen LogP contribution is -2.30. The lowest BCUT2D eigenvalue weighted by Gasteiger charge is -2.17. The molecule has 3 rings (SSSR count). The fourth-order valence-corrected chi connectivity index (χ4v) is 2.91. The molecule has 1 aliphatic rings. The zero-order valence-corrected chi connectivity index (χ0v) is 11.6. The number of aliphatic hydroxyl groups excluding tert-OH is 2. The molecule has 0 amide bonds. The van der Waals surface area contributed by atoms with E-state index in [-0.39, 0.29) is 0 Å². The van der Waals surface area contributed by atoms with Crippen molar-refractivity contribution in [3.63, 3.8) is 0 Å². The van der Waals surface area contributed by atoms with Gasteiger partial charge in [-0.2, -0.15) is 0 Å². The molecule has 3 heterocycles. The quantitative estimate of drug-likeness (QED) is 0.700. The number of nitrogens with zero attached hydrogens (tertiary/aromatic N) is 3. The average Bonchev–Trinajstić information content (AvgIpc) is 2.83. The van der Waals surface area contributed by atoms with Gasteiger partial charge in [0.05, 0.1) is 11.5 Å². The number of nitrogen functional groups attached to an aromatic ring is 1. The van der Waals surface area contributed by atoms with Gasteiger partial charge in [-0.25, -0.2) is 9.97 Å². The highest BCUT2D eigenvalue weighted by molar-refractivity contribution is 9.10. The van der Waals surface area contributed by atoms with Crippen LogP contribution in [0.15, 0.2) is 17.0 Å². The summed E-state index contributed by atoms with van der Waals surface area (Å²) in [4.78, 5) is 8.09. The molecule has 0 aliphatic carbocycles. The Morgan fingerprint density at radius 1 is 1.37 bits per heavy atom. The Hall–Kier alpha value is -1.22. The van der Waals surface area contributed by atoms with Crippen LogP contribution in [0, 0.1) is 0 Å². The first-order valence-electron chi connectivity index (χ1n) is 5.79. The molecule has 4 N–H and O–H groups in total. The van der Waals surface area contributed by atoms with Crippen molar-refractivity contribution in [1.29, 1.82) is 0 Å². The van der Waals surface area contributed by atoms with Crippen molar-refractivity contribution >= 4 is 32.8 Å². The standard InChI is InChI=1S/C11H13BrN4O3/c1-4-7(17)8(18)11(19-4)16-2-5(12)6-9(13)14-3-15-10(6)16/h2-4,7-8,11,17-18H,1H3,(H2,13,14,15)/t4-,7+,8+,11-/m1/s1. The van der Waals surface area contributed by atoms with Gasteiger partial charge in [0.15, 0.2) is 6.23 Å². The molecule has 1 saturated heterocycles. The average molecular weight is 329 g/mol. The second-order valence-corrected chi connectivity index (χ2v) is 5.41. The summed E-state index contributed by atoms with van der Waals surface area (Å²) in [5, 5.41) is 20.5. The molecule has 1 fully saturated rings. The van der Waals surface area contributed by atoms with E-state index in [1.165, 1.54) is 6.33 Å². The second-order valence-electron chi connectivity index (χ2n) is 4.55. The Morgan fingerprint density at radius 2 is 2.11 bits per heavy atom. The first kappa shape index (κ1) is 12.8. The largest absolute Gasteiger partial charge is 0.388 e. The van der Waals surface area contributed by atoms with Crippen LogP contribution >= 0.6 is 15.9 Å². The van der Waals surface area contributed by atoms with E-state index in [2.05, 4.69) is 25.9 Å². The fraction of sp³-hybridized carbons (Fsp3) is 0.455. The Kier molecular flexibility index (Phi) is 2.97. The predicted octanol–water partition coefficient (Wildman–Crippen LogP) is 0.415. The molecule has 102 valence electrons. The van der Waals surface area contributed by atoms with Gasteiger partial charge in [-0.15, -0.1) is 0 Å². The van der Waals surface area contributed by atoms with Crippen LogP contribution in [0.25, 0.3) is 11.0 Å². The molecule has 7 nitrogen and oxygen atoms in total. The maximum atomic E-state index is 10.0. The van der Waals surface area contributed by atoms with Crippen LogP contribution in [-0.4, -0.2) is 43.1 Å². The van der Waals surface area contributed by atoms with Crippen LogP contribution in [0.4, 0.5) is 5.82 Å². The molecule has 2 aromatic heterocycles. The van der Waals surface area contributed by atoms with Crippen molar-refractivity contribution in [3.05, 3.63) is 17.0 Å². The summed E-state index contributed by atoms with van der Waals surface area (Å²) in [6.07, 6.45) is -0.0338. The van der Waals surface area contributed by atoms with Gasteiger partial charge in [0.25, 0.3) is 0 Å². The van der Waals surface area contributed by atoms with Gasteiger partial charge in [0.2, 0.25) is 0 Å². The molecule has 0 bridgehead atoms. The van der Waals surface area contributed by atoms with Crippen molar-refractivity contribution in [3.8, 4) is 0 Å². The van der Waals surface area contributed by atoms with E-state index in [1.54, 1.807) is 17.7 Å². The minimum Gasteiger partial charge on any atom is -0.388 e. The van der Waals surface area contributed by atoms with Crippen LogP contribution in [-0.2, 0) is 4.74 Å². The zero-order chi connectivity index (χ0) is 13.7. The summed E-state index contributed by atoms with van der Waals surface area (Å²) < 4.78 is 7.94. The number of nitrogens with two attached hydrogens (primary N) is 1. The van der Waals surface area contributed by atoms with Crippen molar-refractivity contribution in [2.45, 2.75) is 31.5 Å². The van der Waals surface area contributed by atoms with Crippen LogP contribution in [0.2, 0.25) is 0 Å². The molecule has 8 heteroatoms. The third-order valence-electron chi connectivity index (χ3n) is 3.34. The van der Waals surface area contributed by atoms with E-state index in [1.807, 2.05) is 0 Å². The first-order chi connectivity index (χ1) is 9.00. The fourth-order valence-electron chi connectivity index (χ4n) is 2.31. The van der Waals surface area contributed by atoms with E-state index in [9.17, 15) is 10.2 Å². The minimum absolute atomic E-state index is 0.344. The van der Waals surface area contributed by atoms with Crippen LogP contribution < -0.4 is 5.73 Å². The van der Waals surface area contributed by atoms with E-state index >= 15 is 0 Å². The predicted molar refractivity (Wildman–Crippen MR) is 71.2 cm³/mol. The van der Waals surface area contributed by atoms with Crippen LogP contribution in [0.3, 0.4) is 0 Å². The molecule has 1 aliphatic heterocycles. The van der Waals surface area contributed by atoms with Crippen LogP contribution in [0.5, 0.6) is 0 Å². The Morgan fingerprint density at radius 3 is 2.74 bits per heavy atom. The highest BCUT2D eigenvalue weighted by atomic mass is 79.9. The molecule has 0 saturated carbocycles. The smallest absolute Gasteiger partial charge is 0.164 e. The van der Waals surface area contributed by atoms with Crippen molar-refractivity contribution in [2.24, 2.45) is 0 Å². The van der Waals surface area contributed by atoms with E-state index in [0.717, 1.165) is 0 Å². The summed E-state index contributed by atoms with van der Waals surface area (Å²) in [5.74, 6) is 0.344. The van der Waals surface area contributed by atoms with Crippen molar-refractivity contribution in [1.82, 2.24) is 14.5 Å². The Bertz CT molecular complexity index is 632. The normalized spacial score (nSPS) is 31.2. The Balaban J connectivity index is 2.14. The summed E-state index contributed by atoms with van der Waals surface area (Å²) in [5.41, 5.74) is 6.36. The van der Waals surface area contributed by atoms with Gasteiger partial charge in [0, 0.05) is 10.7 Å². The lowest BCUT2D eigenvalue weighted by atomic mass is 10.1. The van der Waals surface area contributed by atoms with E-state index in [0.29, 0.717) is 21.3 Å². The van der Waals surface area contributed by atoms with Gasteiger partial charge < -0.3 is 25.3 Å². The van der Waals surface area contributed by atoms with Gasteiger partial charge >= 0.3 is 0 Å². The molecular weight excluding hydrogens is 316 g/mol. The number of ether oxygens (including phenoxy) is 1. The molecule has 0 aromatic carbocycles. The third kappa shape index (κ3) is 1.83. The lowest BCUT2D eigenvalue weighted by molar-refractivity contribution is -0.0296. The molecular formula is C11H13BrN4O3.